The second-order valence-corrected chi connectivity index (χ2v) is 16.7. The maximum Gasteiger partial charge on any atom is 0.230 e. The van der Waals surface area contributed by atoms with Crippen LogP contribution in [-0.4, -0.2) is 55.6 Å². The molecule has 0 aliphatic carbocycles. The summed E-state index contributed by atoms with van der Waals surface area (Å²) in [5.41, 5.74) is -0.543. The van der Waals surface area contributed by atoms with Crippen molar-refractivity contribution in [2.24, 2.45) is 5.92 Å². The molecular weight excluding hydrogens is 410 g/mol. The molecule has 0 aromatic heterocycles. The number of unbranched alkanes of at least 4 members (excludes halogenated alkanes) is 3. The lowest BCUT2D eigenvalue weighted by Gasteiger charge is -2.42. The number of carbonyl (C=O) groups is 1. The fourth-order valence-corrected chi connectivity index (χ4v) is 5.85. The minimum absolute atomic E-state index is 0.0205. The summed E-state index contributed by atoms with van der Waals surface area (Å²) < 4.78 is 12.9. The lowest BCUT2D eigenvalue weighted by molar-refractivity contribution is -0.153. The summed E-state index contributed by atoms with van der Waals surface area (Å²) in [7, 11) is -1.96. The second-order valence-electron chi connectivity index (χ2n) is 11.0. The smallest absolute Gasteiger partial charge is 0.230 e. The zero-order valence-electron chi connectivity index (χ0n) is 21.5. The molecule has 0 aromatic carbocycles. The maximum atomic E-state index is 13.8. The van der Waals surface area contributed by atoms with Gasteiger partial charge in [0.05, 0.1) is 24.7 Å². The monoisotopic (exact) mass is 459 g/mol. The molecule has 0 unspecified atom stereocenters. The minimum Gasteiger partial charge on any atom is -0.413 e. The number of carbonyl (C=O) groups excluding carboxylic acids is 1. The molecule has 178 valence electrons. The molecule has 6 heteroatoms. The van der Waals surface area contributed by atoms with Crippen LogP contribution in [-0.2, 0) is 14.0 Å². The van der Waals surface area contributed by atoms with Gasteiger partial charge in [0.1, 0.15) is 5.72 Å². The van der Waals surface area contributed by atoms with E-state index < -0.39 is 14.0 Å². The first-order valence-electron chi connectivity index (χ1n) is 11.9. The summed E-state index contributed by atoms with van der Waals surface area (Å²) in [6.45, 7) is 20.4. The summed E-state index contributed by atoms with van der Waals surface area (Å²) in [5.74, 6) is 1.09. The lowest BCUT2D eigenvalue weighted by Crippen LogP contribution is -2.54. The Hall–Kier alpha value is -0.0431. The summed E-state index contributed by atoms with van der Waals surface area (Å²) in [6, 6.07) is 0.163. The van der Waals surface area contributed by atoms with Crippen molar-refractivity contribution >= 4 is 26.0 Å². The van der Waals surface area contributed by atoms with E-state index in [1.54, 1.807) is 0 Å². The third kappa shape index (κ3) is 7.53. The van der Waals surface area contributed by atoms with Crippen LogP contribution < -0.4 is 0 Å². The topological polar surface area (TPSA) is 38.8 Å². The summed E-state index contributed by atoms with van der Waals surface area (Å²) in [4.78, 5) is 15.8. The van der Waals surface area contributed by atoms with Gasteiger partial charge in [0.25, 0.3) is 0 Å². The second kappa shape index (κ2) is 11.7. The normalized spacial score (nSPS) is 21.7. The van der Waals surface area contributed by atoms with Crippen molar-refractivity contribution in [3.8, 4) is 0 Å². The molecule has 1 amide bonds. The van der Waals surface area contributed by atoms with Crippen LogP contribution in [0.3, 0.4) is 0 Å². The Morgan fingerprint density at radius 2 is 1.90 bits per heavy atom. The first kappa shape index (κ1) is 28.0. The first-order chi connectivity index (χ1) is 13.8. The molecule has 4 nitrogen and oxygen atoms in total. The molecule has 1 heterocycles. The fourth-order valence-electron chi connectivity index (χ4n) is 3.91. The highest BCUT2D eigenvalue weighted by atomic mass is 32.2. The van der Waals surface area contributed by atoms with Crippen LogP contribution in [0, 0.1) is 5.92 Å². The molecule has 0 saturated carbocycles. The third-order valence-electron chi connectivity index (χ3n) is 7.01. The third-order valence-corrected chi connectivity index (χ3v) is 12.2. The largest absolute Gasteiger partial charge is 0.413 e. The molecule has 0 radical (unpaired) electrons. The van der Waals surface area contributed by atoms with Crippen LogP contribution in [0.2, 0.25) is 18.1 Å². The highest BCUT2D eigenvalue weighted by Gasteiger charge is 2.47. The standard InChI is InChI=1S/C24H49NO3SSi/c1-11-12-13-14-15-21(28-30(9,10)23(3,4)5)19(2)22(26)25-20(16-17-29-8)18-27-24(25,6)7/h19-21H,11-18H2,1-10H3/t19-,20+,21-/m1/s1. The molecule has 1 fully saturated rings. The summed E-state index contributed by atoms with van der Waals surface area (Å²) in [6.07, 6.45) is 8.85. The molecule has 1 aliphatic heterocycles. The number of thioether (sulfide) groups is 1. The van der Waals surface area contributed by atoms with Crippen molar-refractivity contribution in [2.75, 3.05) is 18.6 Å². The van der Waals surface area contributed by atoms with Crippen molar-refractivity contribution in [1.82, 2.24) is 4.90 Å². The minimum atomic E-state index is -1.96. The van der Waals surface area contributed by atoms with Gasteiger partial charge in [-0.25, -0.2) is 0 Å². The van der Waals surface area contributed by atoms with Gasteiger partial charge in [-0.05, 0) is 56.8 Å². The van der Waals surface area contributed by atoms with Crippen LogP contribution in [0.25, 0.3) is 0 Å². The Morgan fingerprint density at radius 3 is 2.43 bits per heavy atom. The number of ether oxygens (including phenoxy) is 1. The Balaban J connectivity index is 3.04. The molecular formula is C24H49NO3SSi. The van der Waals surface area contributed by atoms with E-state index in [0.717, 1.165) is 25.0 Å². The average molecular weight is 460 g/mol. The Kier molecular flexibility index (Phi) is 10.9. The summed E-state index contributed by atoms with van der Waals surface area (Å²) in [5, 5.41) is 0.133. The zero-order chi connectivity index (χ0) is 23.2. The van der Waals surface area contributed by atoms with Gasteiger partial charge in [0.2, 0.25) is 5.91 Å². The van der Waals surface area contributed by atoms with E-state index in [1.165, 1.54) is 19.3 Å². The van der Waals surface area contributed by atoms with Gasteiger partial charge in [-0.3, -0.25) is 4.79 Å². The van der Waals surface area contributed by atoms with Gasteiger partial charge in [-0.1, -0.05) is 60.3 Å². The van der Waals surface area contributed by atoms with E-state index in [1.807, 2.05) is 30.5 Å². The van der Waals surface area contributed by atoms with Gasteiger partial charge in [0, 0.05) is 0 Å². The maximum absolute atomic E-state index is 13.8. The van der Waals surface area contributed by atoms with Crippen molar-refractivity contribution in [2.45, 2.75) is 123 Å². The molecule has 0 spiro atoms. The Labute approximate surface area is 192 Å². The molecule has 3 atom stereocenters. The molecule has 30 heavy (non-hydrogen) atoms. The van der Waals surface area contributed by atoms with E-state index in [-0.39, 0.29) is 29.0 Å². The van der Waals surface area contributed by atoms with Crippen molar-refractivity contribution in [1.29, 1.82) is 0 Å². The van der Waals surface area contributed by atoms with Gasteiger partial charge in [-0.2, -0.15) is 11.8 Å². The van der Waals surface area contributed by atoms with E-state index in [4.69, 9.17) is 9.16 Å². The Bertz CT molecular complexity index is 533. The number of hydrogen-bond donors (Lipinski definition) is 0. The van der Waals surface area contributed by atoms with Crippen LogP contribution in [0.15, 0.2) is 0 Å². The van der Waals surface area contributed by atoms with Crippen molar-refractivity contribution in [3.05, 3.63) is 0 Å². The molecule has 0 aromatic rings. The average Bonchev–Trinajstić information content (AvgIpc) is 2.94. The zero-order valence-corrected chi connectivity index (χ0v) is 23.3. The molecule has 0 N–H and O–H groups in total. The lowest BCUT2D eigenvalue weighted by atomic mass is 9.96. The van der Waals surface area contributed by atoms with Crippen LogP contribution >= 0.6 is 11.8 Å². The fraction of sp³-hybridized carbons (Fsp3) is 0.958. The van der Waals surface area contributed by atoms with E-state index in [9.17, 15) is 4.79 Å². The first-order valence-corrected chi connectivity index (χ1v) is 16.2. The van der Waals surface area contributed by atoms with Crippen LogP contribution in [0.5, 0.6) is 0 Å². The van der Waals surface area contributed by atoms with Gasteiger partial charge in [-0.15, -0.1) is 0 Å². The highest BCUT2D eigenvalue weighted by Crippen LogP contribution is 2.40. The molecule has 0 bridgehead atoms. The van der Waals surface area contributed by atoms with Crippen LogP contribution in [0.1, 0.15) is 87.0 Å². The van der Waals surface area contributed by atoms with Gasteiger partial charge >= 0.3 is 0 Å². The quantitative estimate of drug-likeness (QED) is 0.240. The summed E-state index contributed by atoms with van der Waals surface area (Å²) >= 11 is 1.83. The van der Waals surface area contributed by atoms with Gasteiger partial charge in [0.15, 0.2) is 8.32 Å². The predicted octanol–water partition coefficient (Wildman–Crippen LogP) is 6.70. The number of nitrogens with zero attached hydrogens (tertiary/aromatic N) is 1. The Morgan fingerprint density at radius 1 is 1.27 bits per heavy atom. The van der Waals surface area contributed by atoms with E-state index in [2.05, 4.69) is 54.0 Å². The van der Waals surface area contributed by atoms with Crippen molar-refractivity contribution in [3.63, 3.8) is 0 Å². The van der Waals surface area contributed by atoms with Crippen LogP contribution in [0.4, 0.5) is 0 Å². The number of amides is 1. The van der Waals surface area contributed by atoms with Crippen molar-refractivity contribution < 1.29 is 14.0 Å². The van der Waals surface area contributed by atoms with E-state index >= 15 is 0 Å². The predicted molar refractivity (Wildman–Crippen MR) is 134 cm³/mol. The molecule has 1 aliphatic rings. The molecule has 1 rings (SSSR count). The van der Waals surface area contributed by atoms with E-state index in [0.29, 0.717) is 6.61 Å². The highest BCUT2D eigenvalue weighted by molar-refractivity contribution is 7.98. The number of rotatable bonds is 12. The number of hydrogen-bond acceptors (Lipinski definition) is 4. The SMILES string of the molecule is CCCCCC[C@@H](O[Si](C)(C)C(C)(C)C)[C@@H](C)C(=O)N1[C@@H](CCSC)COC1(C)C. The molecule has 1 saturated heterocycles. The van der Waals surface area contributed by atoms with Gasteiger partial charge < -0.3 is 14.1 Å².